The van der Waals surface area contributed by atoms with Gasteiger partial charge >= 0.3 is 5.97 Å². The van der Waals surface area contributed by atoms with Crippen molar-refractivity contribution in [1.29, 1.82) is 0 Å². The Kier molecular flexibility index (Phi) is 6.77. The summed E-state index contributed by atoms with van der Waals surface area (Å²) in [5, 5.41) is 4.37. The normalized spacial score (nSPS) is 11.4. The quantitative estimate of drug-likeness (QED) is 0.246. The second-order valence-electron chi connectivity index (χ2n) is 6.25. The van der Waals surface area contributed by atoms with E-state index in [0.717, 1.165) is 5.56 Å². The summed E-state index contributed by atoms with van der Waals surface area (Å²) in [5.41, 5.74) is 1.83. The molecule has 9 heteroatoms. The van der Waals surface area contributed by atoms with E-state index in [2.05, 4.69) is 9.93 Å². The lowest BCUT2D eigenvalue weighted by Gasteiger charge is -2.06. The zero-order valence-corrected chi connectivity index (χ0v) is 18.0. The van der Waals surface area contributed by atoms with E-state index in [1.807, 2.05) is 6.92 Å². The van der Waals surface area contributed by atoms with E-state index in [1.54, 1.807) is 36.4 Å². The van der Waals surface area contributed by atoms with Crippen LogP contribution in [0.3, 0.4) is 0 Å². The molecular weight excluding hydrogens is 447 g/mol. The topological polar surface area (TPSA) is 84.8 Å². The fourth-order valence-corrected chi connectivity index (χ4v) is 3.44. The molecule has 154 valence electrons. The monoisotopic (exact) mass is 462 g/mol. The molecule has 0 aliphatic heterocycles. The van der Waals surface area contributed by atoms with Crippen LogP contribution in [0.15, 0.2) is 76.7 Å². The molecule has 0 atom stereocenters. The summed E-state index contributed by atoms with van der Waals surface area (Å²) in [5.74, 6) is -0.274. The minimum atomic E-state index is -3.75. The molecule has 3 aromatic rings. The summed E-state index contributed by atoms with van der Waals surface area (Å²) in [6.45, 7) is 1.87. The predicted octanol–water partition coefficient (Wildman–Crippen LogP) is 4.83. The first kappa shape index (κ1) is 21.8. The Morgan fingerprint density at radius 3 is 2.27 bits per heavy atom. The Morgan fingerprint density at radius 2 is 1.63 bits per heavy atom. The zero-order chi connectivity index (χ0) is 21.7. The number of hydrazone groups is 1. The molecule has 0 saturated heterocycles. The molecule has 0 amide bonds. The molecule has 30 heavy (non-hydrogen) atoms. The van der Waals surface area contributed by atoms with Gasteiger partial charge in [0, 0.05) is 0 Å². The average molecular weight is 463 g/mol. The first-order valence-electron chi connectivity index (χ1n) is 8.63. The van der Waals surface area contributed by atoms with Gasteiger partial charge in [-0.25, -0.2) is 9.63 Å². The summed E-state index contributed by atoms with van der Waals surface area (Å²) in [7, 11) is -3.75. The van der Waals surface area contributed by atoms with Crippen molar-refractivity contribution in [2.45, 2.75) is 11.8 Å². The van der Waals surface area contributed by atoms with Crippen molar-refractivity contribution in [2.75, 3.05) is 0 Å². The van der Waals surface area contributed by atoms with Gasteiger partial charge in [0.15, 0.2) is 0 Å². The van der Waals surface area contributed by atoms with Crippen LogP contribution in [0.2, 0.25) is 10.0 Å². The van der Waals surface area contributed by atoms with Gasteiger partial charge in [-0.2, -0.15) is 13.5 Å². The summed E-state index contributed by atoms with van der Waals surface area (Å²) >= 11 is 11.7. The maximum Gasteiger partial charge on any atom is 0.343 e. The van der Waals surface area contributed by atoms with Crippen molar-refractivity contribution < 1.29 is 17.9 Å². The highest BCUT2D eigenvalue weighted by molar-refractivity contribution is 7.89. The highest BCUT2D eigenvalue weighted by Crippen LogP contribution is 2.23. The number of halogens is 2. The molecule has 0 radical (unpaired) electrons. The van der Waals surface area contributed by atoms with E-state index in [-0.39, 0.29) is 15.5 Å². The second kappa shape index (κ2) is 9.30. The van der Waals surface area contributed by atoms with Crippen molar-refractivity contribution in [1.82, 2.24) is 4.83 Å². The molecule has 0 bridgehead atoms. The molecule has 0 unspecified atom stereocenters. The number of aryl methyl sites for hydroxylation is 1. The lowest BCUT2D eigenvalue weighted by Crippen LogP contribution is -2.18. The molecule has 0 aliphatic carbocycles. The predicted molar refractivity (Wildman–Crippen MR) is 117 cm³/mol. The van der Waals surface area contributed by atoms with Crippen LogP contribution in [-0.2, 0) is 10.0 Å². The van der Waals surface area contributed by atoms with Gasteiger partial charge in [0.25, 0.3) is 10.0 Å². The van der Waals surface area contributed by atoms with Crippen LogP contribution >= 0.6 is 23.2 Å². The van der Waals surface area contributed by atoms with Gasteiger partial charge in [0.2, 0.25) is 0 Å². The highest BCUT2D eigenvalue weighted by Gasteiger charge is 2.12. The molecule has 0 aliphatic rings. The van der Waals surface area contributed by atoms with Crippen LogP contribution in [0.4, 0.5) is 0 Å². The number of esters is 1. The number of carbonyl (C=O) groups excluding carboxylic acids is 1. The number of benzene rings is 3. The third-order valence-corrected chi connectivity index (χ3v) is 5.94. The maximum atomic E-state index is 12.2. The number of nitrogens with zero attached hydrogens (tertiary/aromatic N) is 1. The Balaban J connectivity index is 1.62. The smallest absolute Gasteiger partial charge is 0.343 e. The largest absolute Gasteiger partial charge is 0.423 e. The van der Waals surface area contributed by atoms with Crippen molar-refractivity contribution in [3.8, 4) is 5.75 Å². The number of hydrogen-bond acceptors (Lipinski definition) is 5. The number of carbonyl (C=O) groups is 1. The zero-order valence-electron chi connectivity index (χ0n) is 15.7. The number of ether oxygens (including phenoxy) is 1. The van der Waals surface area contributed by atoms with Crippen molar-refractivity contribution in [2.24, 2.45) is 5.10 Å². The van der Waals surface area contributed by atoms with Crippen molar-refractivity contribution in [3.05, 3.63) is 93.5 Å². The van der Waals surface area contributed by atoms with Crippen LogP contribution in [0.1, 0.15) is 21.5 Å². The summed E-state index contributed by atoms with van der Waals surface area (Å²) in [6, 6.07) is 17.2. The van der Waals surface area contributed by atoms with Crippen molar-refractivity contribution >= 4 is 45.4 Å². The maximum absolute atomic E-state index is 12.2. The van der Waals surface area contributed by atoms with Gasteiger partial charge in [-0.1, -0.05) is 40.9 Å². The van der Waals surface area contributed by atoms with Crippen LogP contribution in [0.25, 0.3) is 0 Å². The fraction of sp³-hybridized carbons (Fsp3) is 0.0476. The lowest BCUT2D eigenvalue weighted by molar-refractivity contribution is 0.0734. The fourth-order valence-electron chi connectivity index (χ4n) is 2.35. The highest BCUT2D eigenvalue weighted by atomic mass is 35.5. The summed E-state index contributed by atoms with van der Waals surface area (Å²) in [4.78, 5) is 14.4. The SMILES string of the molecule is Cc1ccc(S(=O)(=O)N/N=C\c2ccc(OC(=O)c3ccc(Cl)c(Cl)c3)cc2)cc1. The minimum absolute atomic E-state index is 0.120. The molecular formula is C21H16Cl2N2O4S. The van der Waals surface area contributed by atoms with Crippen LogP contribution in [-0.4, -0.2) is 20.6 Å². The molecule has 6 nitrogen and oxygen atoms in total. The van der Waals surface area contributed by atoms with E-state index in [1.165, 1.54) is 36.5 Å². The Labute approximate surface area is 184 Å². The minimum Gasteiger partial charge on any atom is -0.423 e. The van der Waals surface area contributed by atoms with E-state index in [4.69, 9.17) is 27.9 Å². The standard InChI is InChI=1S/C21H16Cl2N2O4S/c1-14-2-9-18(10-3-14)30(27,28)25-24-13-15-4-7-17(8-5-15)29-21(26)16-6-11-19(22)20(23)12-16/h2-13,25H,1H3/b24-13-. The third-order valence-electron chi connectivity index (χ3n) is 3.96. The van der Waals surface area contributed by atoms with E-state index in [9.17, 15) is 13.2 Å². The Bertz CT molecular complexity index is 1190. The summed E-state index contributed by atoms with van der Waals surface area (Å²) in [6.07, 6.45) is 1.34. The molecule has 0 aromatic heterocycles. The van der Waals surface area contributed by atoms with Gasteiger partial charge < -0.3 is 4.74 Å². The van der Waals surface area contributed by atoms with Gasteiger partial charge in [-0.3, -0.25) is 0 Å². The summed E-state index contributed by atoms with van der Waals surface area (Å²) < 4.78 is 29.7. The van der Waals surface area contributed by atoms with Gasteiger partial charge in [0.1, 0.15) is 5.75 Å². The van der Waals surface area contributed by atoms with Crippen LogP contribution in [0, 0.1) is 6.92 Å². The number of rotatable bonds is 6. The first-order valence-corrected chi connectivity index (χ1v) is 10.9. The first-order chi connectivity index (χ1) is 14.2. The van der Waals surface area contributed by atoms with Gasteiger partial charge in [-0.15, -0.1) is 0 Å². The molecule has 1 N–H and O–H groups in total. The molecule has 0 fully saturated rings. The molecule has 0 spiro atoms. The van der Waals surface area contributed by atoms with E-state index >= 15 is 0 Å². The van der Waals surface area contributed by atoms with E-state index in [0.29, 0.717) is 16.3 Å². The number of sulfonamides is 1. The second-order valence-corrected chi connectivity index (χ2v) is 8.73. The third kappa shape index (κ3) is 5.60. The van der Waals surface area contributed by atoms with E-state index < -0.39 is 16.0 Å². The van der Waals surface area contributed by atoms with Crippen LogP contribution in [0.5, 0.6) is 5.75 Å². The number of hydrogen-bond donors (Lipinski definition) is 1. The molecule has 3 rings (SSSR count). The molecule has 0 heterocycles. The molecule has 3 aromatic carbocycles. The Morgan fingerprint density at radius 1 is 0.967 bits per heavy atom. The van der Waals surface area contributed by atoms with Crippen molar-refractivity contribution in [3.63, 3.8) is 0 Å². The van der Waals surface area contributed by atoms with Gasteiger partial charge in [0.05, 0.1) is 26.7 Å². The Hall–Kier alpha value is -2.87. The lowest BCUT2D eigenvalue weighted by atomic mass is 10.2. The average Bonchev–Trinajstić information content (AvgIpc) is 2.71. The molecule has 0 saturated carbocycles. The number of nitrogens with one attached hydrogen (secondary N) is 1. The van der Waals surface area contributed by atoms with Crippen LogP contribution < -0.4 is 9.57 Å². The van der Waals surface area contributed by atoms with Gasteiger partial charge in [-0.05, 0) is 67.1 Å².